The second-order valence-electron chi connectivity index (χ2n) is 4.63. The van der Waals surface area contributed by atoms with Crippen LogP contribution in [0.1, 0.15) is 39.4 Å². The molecule has 1 aromatic rings. The van der Waals surface area contributed by atoms with E-state index in [2.05, 4.69) is 9.82 Å². The molecule has 5 heteroatoms. The van der Waals surface area contributed by atoms with E-state index in [0.717, 1.165) is 5.69 Å². The van der Waals surface area contributed by atoms with Gasteiger partial charge in [0.2, 0.25) is 0 Å². The maximum atomic E-state index is 11.8. The van der Waals surface area contributed by atoms with Gasteiger partial charge in [-0.15, -0.1) is 0 Å². The van der Waals surface area contributed by atoms with E-state index in [1.165, 1.54) is 0 Å². The van der Waals surface area contributed by atoms with E-state index in [1.807, 2.05) is 47.0 Å². The van der Waals surface area contributed by atoms with Crippen molar-refractivity contribution in [3.63, 3.8) is 0 Å². The lowest BCUT2D eigenvalue weighted by molar-refractivity contribution is 0.605. The minimum absolute atomic E-state index is 0.00579. The summed E-state index contributed by atoms with van der Waals surface area (Å²) in [5.41, 5.74) is 0.912. The molecular weight excluding hydrogens is 210 g/mol. The largest absolute Gasteiger partial charge is 0.275 e. The number of rotatable bonds is 3. The van der Waals surface area contributed by atoms with Crippen molar-refractivity contribution in [2.75, 3.05) is 0 Å². The van der Waals surface area contributed by atoms with Gasteiger partial charge in [0, 0.05) is 13.2 Å². The van der Waals surface area contributed by atoms with Crippen LogP contribution in [0.25, 0.3) is 0 Å². The molecule has 0 aliphatic heterocycles. The Hall–Kier alpha value is -0.680. The maximum Gasteiger partial charge on any atom is 0.0976 e. The van der Waals surface area contributed by atoms with Crippen LogP contribution in [0.3, 0.4) is 0 Å². The Labute approximate surface area is 93.7 Å². The van der Waals surface area contributed by atoms with Crippen molar-refractivity contribution in [1.29, 1.82) is 0 Å². The zero-order chi connectivity index (χ0) is 11.6. The molecule has 1 heterocycles. The van der Waals surface area contributed by atoms with E-state index in [1.54, 1.807) is 4.68 Å². The molecule has 0 fully saturated rings. The van der Waals surface area contributed by atoms with Gasteiger partial charge in [-0.1, -0.05) is 0 Å². The molecule has 0 bridgehead atoms. The smallest absolute Gasteiger partial charge is 0.0976 e. The molecule has 0 aromatic carbocycles. The van der Waals surface area contributed by atoms with Crippen molar-refractivity contribution in [2.45, 2.75) is 38.5 Å². The van der Waals surface area contributed by atoms with Crippen LogP contribution >= 0.6 is 0 Å². The van der Waals surface area contributed by atoms with Crippen molar-refractivity contribution in [3.8, 4) is 0 Å². The fourth-order valence-electron chi connectivity index (χ4n) is 1.06. The molecule has 0 spiro atoms. The molecule has 4 nitrogen and oxygen atoms in total. The number of nitrogens with one attached hydrogen (secondary N) is 1. The number of aromatic nitrogens is 2. The van der Waals surface area contributed by atoms with Gasteiger partial charge in [-0.2, -0.15) is 5.10 Å². The molecule has 2 atom stereocenters. The second kappa shape index (κ2) is 4.45. The summed E-state index contributed by atoms with van der Waals surface area (Å²) in [5, 5.41) is 4.27. The van der Waals surface area contributed by atoms with Gasteiger partial charge in [0.15, 0.2) is 0 Å². The Morgan fingerprint density at radius 3 is 2.53 bits per heavy atom. The van der Waals surface area contributed by atoms with Crippen molar-refractivity contribution < 1.29 is 4.21 Å². The van der Waals surface area contributed by atoms with Crippen LogP contribution in [0, 0.1) is 0 Å². The highest BCUT2D eigenvalue weighted by molar-refractivity contribution is 7.84. The van der Waals surface area contributed by atoms with E-state index < -0.39 is 11.0 Å². The normalized spacial score (nSPS) is 16.3. The Balaban J connectivity index is 2.64. The Kier molecular flexibility index (Phi) is 3.67. The molecule has 86 valence electrons. The van der Waals surface area contributed by atoms with Gasteiger partial charge in [-0.25, -0.2) is 8.93 Å². The molecule has 0 aliphatic carbocycles. The standard InChI is InChI=1S/C10H19N3OS/c1-8(9-6-7-13(5)11-9)12-15(14)10(2,3)4/h6-8,12H,1-5H3. The minimum Gasteiger partial charge on any atom is -0.275 e. The van der Waals surface area contributed by atoms with Gasteiger partial charge >= 0.3 is 0 Å². The minimum atomic E-state index is -1.06. The zero-order valence-electron chi connectivity index (χ0n) is 9.94. The van der Waals surface area contributed by atoms with E-state index in [-0.39, 0.29) is 10.8 Å². The van der Waals surface area contributed by atoms with Gasteiger partial charge in [0.1, 0.15) is 0 Å². The molecule has 0 amide bonds. The van der Waals surface area contributed by atoms with Crippen molar-refractivity contribution in [3.05, 3.63) is 18.0 Å². The van der Waals surface area contributed by atoms with Crippen LogP contribution in [0.15, 0.2) is 12.3 Å². The first-order valence-corrected chi connectivity index (χ1v) is 6.13. The van der Waals surface area contributed by atoms with Crippen LogP contribution in [0.2, 0.25) is 0 Å². The Morgan fingerprint density at radius 1 is 1.53 bits per heavy atom. The number of hydrogen-bond donors (Lipinski definition) is 1. The molecule has 0 saturated heterocycles. The monoisotopic (exact) mass is 229 g/mol. The van der Waals surface area contributed by atoms with E-state index in [9.17, 15) is 4.21 Å². The first-order chi connectivity index (χ1) is 6.80. The molecule has 1 N–H and O–H groups in total. The third-order valence-corrected chi connectivity index (χ3v) is 3.70. The van der Waals surface area contributed by atoms with Crippen LogP contribution < -0.4 is 4.72 Å². The lowest BCUT2D eigenvalue weighted by atomic mass is 10.3. The Bertz CT molecular complexity index is 354. The van der Waals surface area contributed by atoms with Gasteiger partial charge < -0.3 is 0 Å². The quantitative estimate of drug-likeness (QED) is 0.854. The summed E-state index contributed by atoms with van der Waals surface area (Å²) in [5.74, 6) is 0. The zero-order valence-corrected chi connectivity index (χ0v) is 10.8. The van der Waals surface area contributed by atoms with Gasteiger partial charge in [0.05, 0.1) is 27.5 Å². The highest BCUT2D eigenvalue weighted by Gasteiger charge is 2.22. The summed E-state index contributed by atoms with van der Waals surface area (Å²) in [6, 6.07) is 1.93. The second-order valence-corrected chi connectivity index (χ2v) is 6.63. The van der Waals surface area contributed by atoms with Crippen molar-refractivity contribution in [1.82, 2.24) is 14.5 Å². The summed E-state index contributed by atoms with van der Waals surface area (Å²) in [4.78, 5) is 0. The van der Waals surface area contributed by atoms with E-state index in [4.69, 9.17) is 0 Å². The van der Waals surface area contributed by atoms with Crippen LogP contribution in [0.5, 0.6) is 0 Å². The van der Waals surface area contributed by atoms with Crippen LogP contribution in [-0.4, -0.2) is 18.7 Å². The topological polar surface area (TPSA) is 46.9 Å². The third-order valence-electron chi connectivity index (χ3n) is 2.02. The van der Waals surface area contributed by atoms with Gasteiger partial charge in [-0.05, 0) is 33.8 Å². The average molecular weight is 229 g/mol. The summed E-state index contributed by atoms with van der Waals surface area (Å²) >= 11 is 0. The molecule has 0 radical (unpaired) electrons. The first-order valence-electron chi connectivity index (χ1n) is 4.98. The van der Waals surface area contributed by atoms with Crippen molar-refractivity contribution in [2.24, 2.45) is 7.05 Å². The van der Waals surface area contributed by atoms with Crippen LogP contribution in [0.4, 0.5) is 0 Å². The highest BCUT2D eigenvalue weighted by atomic mass is 32.2. The van der Waals surface area contributed by atoms with E-state index in [0.29, 0.717) is 0 Å². The summed E-state index contributed by atoms with van der Waals surface area (Å²) in [6.07, 6.45) is 1.88. The molecule has 0 saturated carbocycles. The lowest BCUT2D eigenvalue weighted by Gasteiger charge is -2.20. The fourth-order valence-corrected chi connectivity index (χ4v) is 1.86. The fraction of sp³-hybridized carbons (Fsp3) is 0.700. The van der Waals surface area contributed by atoms with Gasteiger partial charge in [-0.3, -0.25) is 4.68 Å². The maximum absolute atomic E-state index is 11.8. The number of aryl methyl sites for hydroxylation is 1. The molecular formula is C10H19N3OS. The van der Waals surface area contributed by atoms with Crippen LogP contribution in [-0.2, 0) is 18.0 Å². The number of hydrogen-bond acceptors (Lipinski definition) is 2. The highest BCUT2D eigenvalue weighted by Crippen LogP contribution is 2.15. The molecule has 2 unspecified atom stereocenters. The lowest BCUT2D eigenvalue weighted by Crippen LogP contribution is -2.34. The third kappa shape index (κ3) is 3.43. The molecule has 1 aromatic heterocycles. The summed E-state index contributed by atoms with van der Waals surface area (Å²) < 4.78 is 16.4. The summed E-state index contributed by atoms with van der Waals surface area (Å²) in [7, 11) is 0.814. The Morgan fingerprint density at radius 2 is 2.13 bits per heavy atom. The molecule has 15 heavy (non-hydrogen) atoms. The van der Waals surface area contributed by atoms with Crippen molar-refractivity contribution >= 4 is 11.0 Å². The van der Waals surface area contributed by atoms with Gasteiger partial charge in [0.25, 0.3) is 0 Å². The SMILES string of the molecule is CC(NS(=O)C(C)(C)C)c1ccn(C)n1. The molecule has 0 aliphatic rings. The predicted molar refractivity (Wildman–Crippen MR) is 62.7 cm³/mol. The average Bonchev–Trinajstić information content (AvgIpc) is 2.50. The molecule has 1 rings (SSSR count). The summed E-state index contributed by atoms with van der Waals surface area (Å²) in [6.45, 7) is 7.80. The predicted octanol–water partition coefficient (Wildman–Crippen LogP) is 1.53. The van der Waals surface area contributed by atoms with E-state index >= 15 is 0 Å². The number of nitrogens with zero attached hydrogens (tertiary/aromatic N) is 2. The first kappa shape index (κ1) is 12.4.